The van der Waals surface area contributed by atoms with Gasteiger partial charge in [-0.25, -0.2) is 29.1 Å². The number of halogens is 1. The second-order valence-electron chi connectivity index (χ2n) is 14.2. The number of hydrogen-bond acceptors (Lipinski definition) is 12. The van der Waals surface area contributed by atoms with Crippen molar-refractivity contribution >= 4 is 51.8 Å². The first-order valence-electron chi connectivity index (χ1n) is 18.7. The third-order valence-corrected chi connectivity index (χ3v) is 10.6. The van der Waals surface area contributed by atoms with Gasteiger partial charge >= 0.3 is 5.69 Å². The Hall–Kier alpha value is -7.01. The smallest absolute Gasteiger partial charge is 0.329 e. The number of rotatable bonds is 11. The van der Waals surface area contributed by atoms with Crippen LogP contribution < -0.4 is 31.7 Å². The molecule has 2 atom stereocenters. The number of benzene rings is 2. The molecule has 2 aromatic carbocycles. The highest BCUT2D eigenvalue weighted by Crippen LogP contribution is 2.38. The summed E-state index contributed by atoms with van der Waals surface area (Å²) in [6, 6.07) is 16.0. The minimum atomic E-state index is -0.733. The van der Waals surface area contributed by atoms with E-state index >= 15 is 0 Å². The van der Waals surface area contributed by atoms with E-state index < -0.39 is 17.8 Å². The molecular weight excluding hydrogens is 746 g/mol. The van der Waals surface area contributed by atoms with Crippen LogP contribution in [0, 0.1) is 5.82 Å². The van der Waals surface area contributed by atoms with E-state index in [4.69, 9.17) is 4.74 Å². The van der Waals surface area contributed by atoms with Gasteiger partial charge in [0.1, 0.15) is 17.7 Å². The molecule has 3 amide bonds. The molecule has 6 heterocycles. The van der Waals surface area contributed by atoms with Gasteiger partial charge in [-0.3, -0.25) is 33.7 Å². The fourth-order valence-corrected chi connectivity index (χ4v) is 7.81. The summed E-state index contributed by atoms with van der Waals surface area (Å²) in [5.74, 6) is 0.151. The Morgan fingerprint density at radius 3 is 2.47 bits per heavy atom. The van der Waals surface area contributed by atoms with Gasteiger partial charge < -0.3 is 20.7 Å². The van der Waals surface area contributed by atoms with Crippen molar-refractivity contribution in [1.82, 2.24) is 44.6 Å². The fraction of sp³-hybridized carbons (Fsp3) is 0.268. The van der Waals surface area contributed by atoms with Crippen LogP contribution in [-0.2, 0) is 23.2 Å². The van der Waals surface area contributed by atoms with Gasteiger partial charge in [0.15, 0.2) is 17.4 Å². The number of nitrogens with one attached hydrogen (secondary N) is 4. The number of carbonyl (C=O) groups is 3. The number of imidazole rings is 1. The van der Waals surface area contributed by atoms with Crippen LogP contribution in [0.3, 0.4) is 0 Å². The van der Waals surface area contributed by atoms with Crippen molar-refractivity contribution < 1.29 is 23.5 Å². The summed E-state index contributed by atoms with van der Waals surface area (Å²) in [6.07, 6.45) is 6.81. The number of imide groups is 1. The molecule has 2 aliphatic rings. The molecule has 2 aliphatic heterocycles. The van der Waals surface area contributed by atoms with Gasteiger partial charge in [0.05, 0.1) is 53.0 Å². The number of para-hydroxylation sites is 2. The van der Waals surface area contributed by atoms with E-state index in [-0.39, 0.29) is 47.7 Å². The number of hydrogen-bond donors (Lipinski definition) is 4. The first kappa shape index (κ1) is 37.9. The summed E-state index contributed by atoms with van der Waals surface area (Å²) in [6.45, 7) is 2.30. The normalized spacial score (nSPS) is 17.0. The minimum absolute atomic E-state index is 0.172. The average molecular weight is 786 g/mol. The molecule has 296 valence electrons. The van der Waals surface area contributed by atoms with Crippen molar-refractivity contribution in [2.75, 3.05) is 37.9 Å². The van der Waals surface area contributed by atoms with Crippen LogP contribution in [0.1, 0.15) is 52.7 Å². The zero-order chi connectivity index (χ0) is 40.5. The van der Waals surface area contributed by atoms with Gasteiger partial charge in [0.25, 0.3) is 5.91 Å². The van der Waals surface area contributed by atoms with Crippen molar-refractivity contribution in [3.8, 4) is 17.1 Å². The molecule has 0 radical (unpaired) electrons. The standard InChI is InChI=1S/C41H40FN11O5/c1-43-39(55)28-20-45-34(16-30(28)48-29-8-4-7-27(37(29)58-3)38-46-18-25(42)19-47-38)49-33-12-10-23(17-44-33)21-52-15-14-24(22-52)26-6-5-9-31-36(26)51(2)41(57)53(31)32-11-13-35(54)50-40(32)56/h4-10,12,16-20,24,32H,11,13-15,21-22H2,1-3H3,(H,43,55)(H,50,54,56)(H2,44,45,48,49)/t24?,32-/m1/s1. The molecule has 6 aromatic rings. The van der Waals surface area contributed by atoms with Crippen LogP contribution in [0.5, 0.6) is 5.75 Å². The van der Waals surface area contributed by atoms with Crippen molar-refractivity contribution in [3.05, 3.63) is 112 Å². The topological polar surface area (TPSA) is 190 Å². The Balaban J connectivity index is 0.963. The largest absolute Gasteiger partial charge is 0.494 e. The Labute approximate surface area is 331 Å². The van der Waals surface area contributed by atoms with Crippen LogP contribution in [0.25, 0.3) is 22.4 Å². The van der Waals surface area contributed by atoms with E-state index in [2.05, 4.69) is 52.2 Å². The van der Waals surface area contributed by atoms with Gasteiger partial charge in [0.2, 0.25) is 11.8 Å². The molecule has 17 heteroatoms. The average Bonchev–Trinajstić information content (AvgIpc) is 3.80. The highest BCUT2D eigenvalue weighted by molar-refractivity contribution is 6.01. The predicted octanol–water partition coefficient (Wildman–Crippen LogP) is 4.55. The van der Waals surface area contributed by atoms with Crippen LogP contribution in [-0.4, -0.2) is 78.9 Å². The third-order valence-electron chi connectivity index (χ3n) is 10.6. The second-order valence-corrected chi connectivity index (χ2v) is 14.2. The molecule has 58 heavy (non-hydrogen) atoms. The maximum Gasteiger partial charge on any atom is 0.329 e. The number of aryl methyl sites for hydroxylation is 1. The lowest BCUT2D eigenvalue weighted by atomic mass is 9.96. The molecular formula is C41H40FN11O5. The summed E-state index contributed by atoms with van der Waals surface area (Å²) in [5.41, 5.74) is 5.07. The molecule has 0 spiro atoms. The van der Waals surface area contributed by atoms with Crippen molar-refractivity contribution in [2.24, 2.45) is 7.05 Å². The SMILES string of the molecule is CNC(=O)c1cnc(Nc2ccc(CN3CCC(c4cccc5c4n(C)c(=O)n5[C@@H]4CCC(=O)NC4=O)C3)cn2)cc1Nc1cccc(-c2ncc(F)cn2)c1OC. The summed E-state index contributed by atoms with van der Waals surface area (Å²) >= 11 is 0. The first-order chi connectivity index (χ1) is 28.1. The lowest BCUT2D eigenvalue weighted by molar-refractivity contribution is -0.135. The van der Waals surface area contributed by atoms with Crippen LogP contribution in [0.2, 0.25) is 0 Å². The predicted molar refractivity (Wildman–Crippen MR) is 214 cm³/mol. The number of piperidine rings is 1. The summed E-state index contributed by atoms with van der Waals surface area (Å²) in [4.78, 5) is 70.5. The number of aromatic nitrogens is 6. The highest BCUT2D eigenvalue weighted by Gasteiger charge is 2.33. The van der Waals surface area contributed by atoms with Crippen molar-refractivity contribution in [3.63, 3.8) is 0 Å². The molecule has 4 N–H and O–H groups in total. The molecule has 0 saturated carbocycles. The quantitative estimate of drug-likeness (QED) is 0.134. The first-order valence-corrected chi connectivity index (χ1v) is 18.7. The fourth-order valence-electron chi connectivity index (χ4n) is 7.81. The number of methoxy groups -OCH3 is 1. The number of ether oxygens (including phenoxy) is 1. The van der Waals surface area contributed by atoms with E-state index in [1.807, 2.05) is 30.5 Å². The minimum Gasteiger partial charge on any atom is -0.494 e. The highest BCUT2D eigenvalue weighted by atomic mass is 19.1. The van der Waals surface area contributed by atoms with Gasteiger partial charge in [-0.1, -0.05) is 24.3 Å². The third kappa shape index (κ3) is 7.34. The molecule has 0 aliphatic carbocycles. The molecule has 0 bridgehead atoms. The van der Waals surface area contributed by atoms with E-state index in [1.165, 1.54) is 24.9 Å². The Kier molecular flexibility index (Phi) is 10.4. The van der Waals surface area contributed by atoms with Crippen LogP contribution >= 0.6 is 0 Å². The molecule has 8 rings (SSSR count). The number of carbonyl (C=O) groups excluding carboxylic acids is 3. The number of likely N-dealkylation sites (tertiary alicyclic amines) is 1. The summed E-state index contributed by atoms with van der Waals surface area (Å²) in [7, 11) is 4.77. The summed E-state index contributed by atoms with van der Waals surface area (Å²) in [5, 5.41) is 11.5. The van der Waals surface area contributed by atoms with Crippen LogP contribution in [0.15, 0.2) is 84.2 Å². The van der Waals surface area contributed by atoms with Gasteiger partial charge in [-0.2, -0.15) is 0 Å². The Bertz CT molecular complexity index is 2610. The number of pyridine rings is 2. The van der Waals surface area contributed by atoms with E-state index in [0.29, 0.717) is 46.4 Å². The summed E-state index contributed by atoms with van der Waals surface area (Å²) < 4.78 is 22.4. The lowest BCUT2D eigenvalue weighted by Crippen LogP contribution is -2.44. The Morgan fingerprint density at radius 1 is 0.931 bits per heavy atom. The monoisotopic (exact) mass is 785 g/mol. The maximum absolute atomic E-state index is 13.5. The molecule has 4 aromatic heterocycles. The van der Waals surface area contributed by atoms with Crippen molar-refractivity contribution in [1.29, 1.82) is 0 Å². The number of amides is 3. The van der Waals surface area contributed by atoms with Gasteiger partial charge in [-0.15, -0.1) is 0 Å². The second kappa shape index (κ2) is 15.9. The van der Waals surface area contributed by atoms with Gasteiger partial charge in [-0.05, 0) is 60.7 Å². The van der Waals surface area contributed by atoms with Crippen LogP contribution in [0.4, 0.5) is 27.4 Å². The zero-order valence-electron chi connectivity index (χ0n) is 32.0. The zero-order valence-corrected chi connectivity index (χ0v) is 32.0. The maximum atomic E-state index is 13.5. The number of nitrogens with zero attached hydrogens (tertiary/aromatic N) is 7. The number of fused-ring (bicyclic) bond motifs is 1. The number of anilines is 4. The molecule has 2 saturated heterocycles. The molecule has 16 nitrogen and oxygen atoms in total. The van der Waals surface area contributed by atoms with Crippen molar-refractivity contribution in [2.45, 2.75) is 37.8 Å². The molecule has 1 unspecified atom stereocenters. The Morgan fingerprint density at radius 2 is 1.72 bits per heavy atom. The lowest BCUT2D eigenvalue weighted by Gasteiger charge is -2.22. The van der Waals surface area contributed by atoms with E-state index in [0.717, 1.165) is 48.5 Å². The van der Waals surface area contributed by atoms with Gasteiger partial charge in [0, 0.05) is 52.1 Å². The molecule has 2 fully saturated rings. The van der Waals surface area contributed by atoms with E-state index in [9.17, 15) is 23.6 Å². The van der Waals surface area contributed by atoms with E-state index in [1.54, 1.807) is 35.9 Å².